The van der Waals surface area contributed by atoms with Crippen LogP contribution in [0.3, 0.4) is 0 Å². The van der Waals surface area contributed by atoms with Crippen molar-refractivity contribution in [3.8, 4) is 11.1 Å². The van der Waals surface area contributed by atoms with Gasteiger partial charge in [-0.15, -0.1) is 0 Å². The third-order valence-electron chi connectivity index (χ3n) is 9.37. The molecule has 0 saturated heterocycles. The second-order valence-corrected chi connectivity index (χ2v) is 12.1. The number of nitrogens with zero attached hydrogens (tertiary/aromatic N) is 1. The van der Waals surface area contributed by atoms with E-state index in [0.717, 1.165) is 45.4 Å². The number of hydrogen-bond donors (Lipinski definition) is 0. The lowest BCUT2D eigenvalue weighted by molar-refractivity contribution is 0.669. The standard InChI is InChI=1S/C44H31NO/c1-2-11-30(12-3-1)33-15-10-16-35(28-33)45(36-23-24-41-40-19-8-9-20-43(40)46-44(41)29-36)42-26-25-37(38-17-6-7-18-39(38)42)34-22-21-31-13-4-5-14-32(31)27-34/h1-20,22-29,31H,21H2. The molecule has 1 aromatic heterocycles. The molecule has 1 atom stereocenters. The molecule has 1 unspecified atom stereocenters. The maximum atomic E-state index is 6.39. The van der Waals surface area contributed by atoms with E-state index in [0.29, 0.717) is 5.92 Å². The Balaban J connectivity index is 1.24. The summed E-state index contributed by atoms with van der Waals surface area (Å²) in [5.41, 5.74) is 11.4. The van der Waals surface area contributed by atoms with Gasteiger partial charge in [-0.2, -0.15) is 0 Å². The molecule has 7 aromatic rings. The molecule has 2 nitrogen and oxygen atoms in total. The smallest absolute Gasteiger partial charge is 0.137 e. The SMILES string of the molecule is C1=CC2=CC(c3ccc(N(c4cccc(-c5ccccc5)c4)c4ccc5c(c4)oc4ccccc45)c4ccccc34)=CCC2C=C1. The lowest BCUT2D eigenvalue weighted by Gasteiger charge is -2.28. The van der Waals surface area contributed by atoms with Crippen molar-refractivity contribution < 1.29 is 4.42 Å². The number of fused-ring (bicyclic) bond motifs is 5. The summed E-state index contributed by atoms with van der Waals surface area (Å²) >= 11 is 0. The van der Waals surface area contributed by atoms with Gasteiger partial charge in [-0.05, 0) is 76.0 Å². The van der Waals surface area contributed by atoms with Gasteiger partial charge in [0.25, 0.3) is 0 Å². The Morgan fingerprint density at radius 2 is 1.33 bits per heavy atom. The lowest BCUT2D eigenvalue weighted by Crippen LogP contribution is -2.11. The zero-order valence-electron chi connectivity index (χ0n) is 25.3. The Morgan fingerprint density at radius 1 is 0.565 bits per heavy atom. The molecule has 0 aliphatic heterocycles. The summed E-state index contributed by atoms with van der Waals surface area (Å²) in [5, 5.41) is 4.71. The summed E-state index contributed by atoms with van der Waals surface area (Å²) in [6.45, 7) is 0. The molecule has 0 saturated carbocycles. The van der Waals surface area contributed by atoms with E-state index in [4.69, 9.17) is 4.42 Å². The Kier molecular flexibility index (Phi) is 6.31. The largest absolute Gasteiger partial charge is 0.456 e. The van der Waals surface area contributed by atoms with E-state index in [-0.39, 0.29) is 0 Å². The Labute approximate surface area is 268 Å². The molecular formula is C44H31NO. The number of anilines is 3. The van der Waals surface area contributed by atoms with Crippen molar-refractivity contribution in [3.63, 3.8) is 0 Å². The number of hydrogen-bond acceptors (Lipinski definition) is 2. The molecule has 2 aliphatic rings. The van der Waals surface area contributed by atoms with E-state index in [1.165, 1.54) is 38.6 Å². The van der Waals surface area contributed by atoms with Gasteiger partial charge in [-0.25, -0.2) is 0 Å². The lowest BCUT2D eigenvalue weighted by atomic mass is 9.83. The highest BCUT2D eigenvalue weighted by molar-refractivity contribution is 6.08. The molecule has 0 fully saturated rings. The molecule has 1 heterocycles. The van der Waals surface area contributed by atoms with Gasteiger partial charge < -0.3 is 9.32 Å². The molecule has 0 radical (unpaired) electrons. The minimum Gasteiger partial charge on any atom is -0.456 e. The van der Waals surface area contributed by atoms with E-state index in [2.05, 4.69) is 163 Å². The molecule has 0 spiro atoms. The Morgan fingerprint density at radius 3 is 2.24 bits per heavy atom. The van der Waals surface area contributed by atoms with Gasteiger partial charge in [0, 0.05) is 39.5 Å². The van der Waals surface area contributed by atoms with E-state index in [9.17, 15) is 0 Å². The average molecular weight is 590 g/mol. The number of rotatable bonds is 5. The maximum absolute atomic E-state index is 6.39. The van der Waals surface area contributed by atoms with Crippen LogP contribution >= 0.6 is 0 Å². The second-order valence-electron chi connectivity index (χ2n) is 12.1. The van der Waals surface area contributed by atoms with Crippen LogP contribution in [-0.4, -0.2) is 0 Å². The van der Waals surface area contributed by atoms with Crippen LogP contribution in [0, 0.1) is 5.92 Å². The van der Waals surface area contributed by atoms with Crippen LogP contribution in [0.15, 0.2) is 180 Å². The van der Waals surface area contributed by atoms with Crippen molar-refractivity contribution in [2.75, 3.05) is 4.90 Å². The monoisotopic (exact) mass is 589 g/mol. The highest BCUT2D eigenvalue weighted by Crippen LogP contribution is 2.44. The third kappa shape index (κ3) is 4.50. The second kappa shape index (κ2) is 10.9. The fourth-order valence-corrected chi connectivity index (χ4v) is 7.12. The molecule has 2 aliphatic carbocycles. The first-order valence-electron chi connectivity index (χ1n) is 16.0. The number of benzene rings is 6. The van der Waals surface area contributed by atoms with Crippen molar-refractivity contribution in [1.29, 1.82) is 0 Å². The first-order valence-corrected chi connectivity index (χ1v) is 16.0. The Hall–Kier alpha value is -5.86. The van der Waals surface area contributed by atoms with Gasteiger partial charge in [0.05, 0.1) is 5.69 Å². The molecule has 218 valence electrons. The average Bonchev–Trinajstić information content (AvgIpc) is 3.50. The highest BCUT2D eigenvalue weighted by atomic mass is 16.3. The van der Waals surface area contributed by atoms with E-state index >= 15 is 0 Å². The van der Waals surface area contributed by atoms with Gasteiger partial charge >= 0.3 is 0 Å². The van der Waals surface area contributed by atoms with Crippen molar-refractivity contribution in [3.05, 3.63) is 181 Å². The zero-order valence-corrected chi connectivity index (χ0v) is 25.3. The van der Waals surface area contributed by atoms with Crippen molar-refractivity contribution >= 4 is 55.3 Å². The normalized spacial score (nSPS) is 15.6. The van der Waals surface area contributed by atoms with E-state index in [1.54, 1.807) is 0 Å². The quantitative estimate of drug-likeness (QED) is 0.199. The molecule has 6 aromatic carbocycles. The number of para-hydroxylation sites is 1. The first-order chi connectivity index (χ1) is 22.8. The minimum absolute atomic E-state index is 0.472. The van der Waals surface area contributed by atoms with Crippen LogP contribution in [0.4, 0.5) is 17.1 Å². The Bertz CT molecular complexity index is 2400. The van der Waals surface area contributed by atoms with Crippen molar-refractivity contribution in [1.82, 2.24) is 0 Å². The summed E-state index contributed by atoms with van der Waals surface area (Å²) in [4.78, 5) is 2.38. The predicted molar refractivity (Wildman–Crippen MR) is 194 cm³/mol. The molecule has 2 heteroatoms. The van der Waals surface area contributed by atoms with Crippen molar-refractivity contribution in [2.45, 2.75) is 6.42 Å². The first kappa shape index (κ1) is 26.5. The summed E-state index contributed by atoms with van der Waals surface area (Å²) in [6.07, 6.45) is 14.7. The van der Waals surface area contributed by atoms with Crippen LogP contribution in [0.2, 0.25) is 0 Å². The number of allylic oxidation sites excluding steroid dienone is 8. The van der Waals surface area contributed by atoms with Crippen LogP contribution in [-0.2, 0) is 0 Å². The third-order valence-corrected chi connectivity index (χ3v) is 9.37. The molecule has 9 rings (SSSR count). The predicted octanol–water partition coefficient (Wildman–Crippen LogP) is 12.3. The van der Waals surface area contributed by atoms with Gasteiger partial charge in [0.15, 0.2) is 0 Å². The molecule has 0 N–H and O–H groups in total. The number of furan rings is 1. The van der Waals surface area contributed by atoms with E-state index in [1.807, 2.05) is 12.1 Å². The highest BCUT2D eigenvalue weighted by Gasteiger charge is 2.21. The van der Waals surface area contributed by atoms with Crippen molar-refractivity contribution in [2.24, 2.45) is 5.92 Å². The van der Waals surface area contributed by atoms with Crippen LogP contribution in [0.25, 0.3) is 49.4 Å². The maximum Gasteiger partial charge on any atom is 0.137 e. The van der Waals surface area contributed by atoms with Crippen LogP contribution in [0.5, 0.6) is 0 Å². The molecule has 0 amide bonds. The fraction of sp³-hybridized carbons (Fsp3) is 0.0455. The van der Waals surface area contributed by atoms with Gasteiger partial charge in [-0.1, -0.05) is 127 Å². The summed E-state index contributed by atoms with van der Waals surface area (Å²) in [7, 11) is 0. The van der Waals surface area contributed by atoms with Gasteiger partial charge in [0.1, 0.15) is 11.2 Å². The minimum atomic E-state index is 0.472. The van der Waals surface area contributed by atoms with Crippen LogP contribution < -0.4 is 4.90 Å². The fourth-order valence-electron chi connectivity index (χ4n) is 7.12. The van der Waals surface area contributed by atoms with E-state index < -0.39 is 0 Å². The summed E-state index contributed by atoms with van der Waals surface area (Å²) < 4.78 is 6.39. The summed E-state index contributed by atoms with van der Waals surface area (Å²) in [6, 6.07) is 47.7. The molecule has 0 bridgehead atoms. The van der Waals surface area contributed by atoms with Crippen LogP contribution in [0.1, 0.15) is 12.0 Å². The van der Waals surface area contributed by atoms with Gasteiger partial charge in [-0.3, -0.25) is 0 Å². The summed E-state index contributed by atoms with van der Waals surface area (Å²) in [5.74, 6) is 0.472. The van der Waals surface area contributed by atoms with Gasteiger partial charge in [0.2, 0.25) is 0 Å². The zero-order chi connectivity index (χ0) is 30.5. The topological polar surface area (TPSA) is 16.4 Å². The molecular weight excluding hydrogens is 558 g/mol. The molecule has 46 heavy (non-hydrogen) atoms.